The zero-order valence-corrected chi connectivity index (χ0v) is 11.9. The highest BCUT2D eigenvalue weighted by atomic mass is 32.1. The Morgan fingerprint density at radius 1 is 1.14 bits per heavy atom. The van der Waals surface area contributed by atoms with Crippen molar-refractivity contribution in [3.05, 3.63) is 70.9 Å². The molecule has 0 aliphatic heterocycles. The van der Waals surface area contributed by atoms with Gasteiger partial charge < -0.3 is 5.73 Å². The number of rotatable bonds is 3. The lowest BCUT2D eigenvalue weighted by Gasteiger charge is -1.94. The van der Waals surface area contributed by atoms with Gasteiger partial charge in [0.1, 0.15) is 5.82 Å². The van der Waals surface area contributed by atoms with Gasteiger partial charge in [-0.15, -0.1) is 11.3 Å². The minimum Gasteiger partial charge on any atom is -0.397 e. The molecule has 2 aromatic carbocycles. The van der Waals surface area contributed by atoms with Gasteiger partial charge in [-0.2, -0.15) is 0 Å². The maximum atomic E-state index is 13.2. The van der Waals surface area contributed by atoms with E-state index in [1.54, 1.807) is 12.1 Å². The standard InChI is InChI=1S/C17H12FNOS/c18-12-7-8-13-15(10-12)21-17(16(13)19)14(20)9-6-11-4-2-1-3-5-11/h1-10H,19H2/b9-6+. The number of hydrogen-bond acceptors (Lipinski definition) is 3. The lowest BCUT2D eigenvalue weighted by molar-refractivity contribution is 0.105. The molecule has 0 aliphatic rings. The molecule has 0 radical (unpaired) electrons. The number of ketones is 1. The molecule has 0 saturated heterocycles. The van der Waals surface area contributed by atoms with Crippen LogP contribution >= 0.6 is 11.3 Å². The number of thiophene rings is 1. The fourth-order valence-electron chi connectivity index (χ4n) is 2.09. The van der Waals surface area contributed by atoms with E-state index in [-0.39, 0.29) is 11.6 Å². The van der Waals surface area contributed by atoms with Crippen LogP contribution in [0.4, 0.5) is 10.1 Å². The number of carbonyl (C=O) groups is 1. The van der Waals surface area contributed by atoms with E-state index < -0.39 is 0 Å². The molecule has 2 nitrogen and oxygen atoms in total. The van der Waals surface area contributed by atoms with Gasteiger partial charge >= 0.3 is 0 Å². The van der Waals surface area contributed by atoms with Crippen LogP contribution in [0.15, 0.2) is 54.6 Å². The SMILES string of the molecule is Nc1c(C(=O)/C=C/c2ccccc2)sc2cc(F)ccc12. The zero-order valence-electron chi connectivity index (χ0n) is 11.0. The molecule has 0 spiro atoms. The average molecular weight is 297 g/mol. The highest BCUT2D eigenvalue weighted by molar-refractivity contribution is 7.21. The number of anilines is 1. The van der Waals surface area contributed by atoms with E-state index in [1.807, 2.05) is 30.3 Å². The van der Waals surface area contributed by atoms with Crippen LogP contribution in [0.5, 0.6) is 0 Å². The third-order valence-corrected chi connectivity index (χ3v) is 4.32. The quantitative estimate of drug-likeness (QED) is 0.570. The van der Waals surface area contributed by atoms with Crippen LogP contribution in [0.2, 0.25) is 0 Å². The number of fused-ring (bicyclic) bond motifs is 1. The van der Waals surface area contributed by atoms with E-state index in [0.717, 1.165) is 10.9 Å². The first-order valence-corrected chi connectivity index (χ1v) is 7.22. The summed E-state index contributed by atoms with van der Waals surface area (Å²) < 4.78 is 13.9. The largest absolute Gasteiger partial charge is 0.397 e. The van der Waals surface area contributed by atoms with Crippen molar-refractivity contribution in [3.63, 3.8) is 0 Å². The number of halogens is 1. The Labute approximate surface area is 125 Å². The molecule has 1 heterocycles. The molecule has 1 aromatic heterocycles. The highest BCUT2D eigenvalue weighted by Crippen LogP contribution is 2.34. The van der Waals surface area contributed by atoms with E-state index >= 15 is 0 Å². The number of benzene rings is 2. The van der Waals surface area contributed by atoms with Crippen LogP contribution in [0.1, 0.15) is 15.2 Å². The smallest absolute Gasteiger partial charge is 0.197 e. The van der Waals surface area contributed by atoms with Crippen LogP contribution in [0, 0.1) is 5.82 Å². The Balaban J connectivity index is 1.95. The van der Waals surface area contributed by atoms with Crippen LogP contribution in [0.3, 0.4) is 0 Å². The predicted octanol–water partition coefficient (Wildman–Crippen LogP) is 4.52. The summed E-state index contributed by atoms with van der Waals surface area (Å²) in [6.07, 6.45) is 3.24. The molecule has 2 N–H and O–H groups in total. The van der Waals surface area contributed by atoms with Crippen LogP contribution in [-0.4, -0.2) is 5.78 Å². The van der Waals surface area contributed by atoms with Gasteiger partial charge in [-0.1, -0.05) is 36.4 Å². The summed E-state index contributed by atoms with van der Waals surface area (Å²) in [7, 11) is 0. The second-order valence-corrected chi connectivity index (χ2v) is 5.65. The highest BCUT2D eigenvalue weighted by Gasteiger charge is 2.14. The summed E-state index contributed by atoms with van der Waals surface area (Å²) in [4.78, 5) is 12.7. The van der Waals surface area contributed by atoms with Crippen molar-refractivity contribution >= 4 is 39.0 Å². The number of carbonyl (C=O) groups excluding carboxylic acids is 1. The number of allylic oxidation sites excluding steroid dienone is 1. The molecule has 0 amide bonds. The molecule has 3 aromatic rings. The minimum atomic E-state index is -0.331. The van der Waals surface area contributed by atoms with Crippen molar-refractivity contribution < 1.29 is 9.18 Å². The third-order valence-electron chi connectivity index (χ3n) is 3.14. The van der Waals surface area contributed by atoms with E-state index in [0.29, 0.717) is 15.3 Å². The zero-order chi connectivity index (χ0) is 14.8. The Hall–Kier alpha value is -2.46. The average Bonchev–Trinajstić information content (AvgIpc) is 2.82. The van der Waals surface area contributed by atoms with Gasteiger partial charge in [-0.05, 0) is 29.8 Å². The number of nitrogens with two attached hydrogens (primary N) is 1. The van der Waals surface area contributed by atoms with Crippen molar-refractivity contribution in [1.29, 1.82) is 0 Å². The summed E-state index contributed by atoms with van der Waals surface area (Å²) in [6, 6.07) is 13.9. The van der Waals surface area contributed by atoms with Crippen LogP contribution < -0.4 is 5.73 Å². The van der Waals surface area contributed by atoms with Crippen LogP contribution in [0.25, 0.3) is 16.2 Å². The summed E-state index contributed by atoms with van der Waals surface area (Å²) in [5, 5.41) is 0.720. The Morgan fingerprint density at radius 2 is 1.90 bits per heavy atom. The fourth-order valence-corrected chi connectivity index (χ4v) is 3.15. The first kappa shape index (κ1) is 13.5. The van der Waals surface area contributed by atoms with Crippen molar-refractivity contribution in [1.82, 2.24) is 0 Å². The molecule has 0 atom stereocenters. The van der Waals surface area contributed by atoms with Crippen molar-refractivity contribution in [2.24, 2.45) is 0 Å². The second kappa shape index (κ2) is 5.50. The van der Waals surface area contributed by atoms with E-state index in [9.17, 15) is 9.18 Å². The summed E-state index contributed by atoms with van der Waals surface area (Å²) in [5.41, 5.74) is 7.35. The van der Waals surface area contributed by atoms with Gasteiger partial charge in [-0.3, -0.25) is 4.79 Å². The third kappa shape index (κ3) is 2.71. The molecule has 4 heteroatoms. The molecule has 3 rings (SSSR count). The van der Waals surface area contributed by atoms with Crippen molar-refractivity contribution in [2.75, 3.05) is 5.73 Å². The van der Waals surface area contributed by atoms with E-state index in [4.69, 9.17) is 5.73 Å². The second-order valence-electron chi connectivity index (χ2n) is 4.59. The first-order chi connectivity index (χ1) is 10.1. The Morgan fingerprint density at radius 3 is 2.67 bits per heavy atom. The number of nitrogen functional groups attached to an aromatic ring is 1. The topological polar surface area (TPSA) is 43.1 Å². The van der Waals surface area contributed by atoms with Gasteiger partial charge in [0, 0.05) is 10.1 Å². The molecular weight excluding hydrogens is 285 g/mol. The van der Waals surface area contributed by atoms with Crippen LogP contribution in [-0.2, 0) is 0 Å². The van der Waals surface area contributed by atoms with Gasteiger partial charge in [0.15, 0.2) is 5.78 Å². The lowest BCUT2D eigenvalue weighted by Crippen LogP contribution is -1.95. The monoisotopic (exact) mass is 297 g/mol. The Kier molecular flexibility index (Phi) is 3.54. The van der Waals surface area contributed by atoms with Crippen molar-refractivity contribution in [3.8, 4) is 0 Å². The molecule has 0 fully saturated rings. The minimum absolute atomic E-state index is 0.169. The van der Waals surface area contributed by atoms with Gasteiger partial charge in [0.25, 0.3) is 0 Å². The number of hydrogen-bond donors (Lipinski definition) is 1. The molecule has 0 aliphatic carbocycles. The Bertz CT molecular complexity index is 837. The summed E-state index contributed by atoms with van der Waals surface area (Å²) in [5.74, 6) is -0.500. The summed E-state index contributed by atoms with van der Waals surface area (Å²) in [6.45, 7) is 0. The first-order valence-electron chi connectivity index (χ1n) is 6.40. The van der Waals surface area contributed by atoms with E-state index in [1.165, 1.54) is 29.5 Å². The molecule has 0 saturated carbocycles. The van der Waals surface area contributed by atoms with E-state index in [2.05, 4.69) is 0 Å². The van der Waals surface area contributed by atoms with Gasteiger partial charge in [0.2, 0.25) is 0 Å². The van der Waals surface area contributed by atoms with Gasteiger partial charge in [-0.25, -0.2) is 4.39 Å². The van der Waals surface area contributed by atoms with Gasteiger partial charge in [0.05, 0.1) is 10.6 Å². The molecule has 21 heavy (non-hydrogen) atoms. The predicted molar refractivity (Wildman–Crippen MR) is 86.0 cm³/mol. The van der Waals surface area contributed by atoms with Crippen molar-refractivity contribution in [2.45, 2.75) is 0 Å². The fraction of sp³-hybridized carbons (Fsp3) is 0. The lowest BCUT2D eigenvalue weighted by atomic mass is 10.1. The molecule has 104 valence electrons. The molecule has 0 bridgehead atoms. The maximum absolute atomic E-state index is 13.2. The molecular formula is C17H12FNOS. The normalized spacial score (nSPS) is 11.3. The maximum Gasteiger partial charge on any atom is 0.197 e. The summed E-state index contributed by atoms with van der Waals surface area (Å²) >= 11 is 1.22. The molecule has 0 unspecified atom stereocenters.